The summed E-state index contributed by atoms with van der Waals surface area (Å²) >= 11 is 0. The second-order valence-corrected chi connectivity index (χ2v) is 9.59. The highest BCUT2D eigenvalue weighted by molar-refractivity contribution is 5.90. The van der Waals surface area contributed by atoms with Gasteiger partial charge in [-0.2, -0.15) is 4.98 Å². The van der Waals surface area contributed by atoms with Gasteiger partial charge in [0.25, 0.3) is 0 Å². The van der Waals surface area contributed by atoms with E-state index < -0.39 is 12.0 Å². The largest absolute Gasteiger partial charge is 0.464 e. The molecule has 1 aliphatic rings. The monoisotopic (exact) mass is 504 g/mol. The Morgan fingerprint density at radius 3 is 2.35 bits per heavy atom. The van der Waals surface area contributed by atoms with Gasteiger partial charge in [-0.15, -0.1) is 0 Å². The van der Waals surface area contributed by atoms with Crippen molar-refractivity contribution in [2.45, 2.75) is 57.2 Å². The average Bonchev–Trinajstić information content (AvgIpc) is 2.89. The van der Waals surface area contributed by atoms with Crippen molar-refractivity contribution >= 4 is 34.7 Å². The molecular weight excluding hydrogens is 468 g/mol. The number of carbonyl (C=O) groups excluding carboxylic acids is 2. The van der Waals surface area contributed by atoms with Crippen LogP contribution in [-0.4, -0.2) is 60.8 Å². The minimum atomic E-state index is -0.740. The Hall–Kier alpha value is -3.88. The lowest BCUT2D eigenvalue weighted by molar-refractivity contribution is -0.145. The third-order valence-electron chi connectivity index (χ3n) is 6.56. The molecule has 2 amide bonds. The molecule has 1 aromatic heterocycles. The number of nitrogens with one attached hydrogen (secondary N) is 3. The fourth-order valence-electron chi connectivity index (χ4n) is 4.70. The van der Waals surface area contributed by atoms with Gasteiger partial charge < -0.3 is 25.6 Å². The van der Waals surface area contributed by atoms with Gasteiger partial charge in [0, 0.05) is 38.0 Å². The van der Waals surface area contributed by atoms with E-state index >= 15 is 0 Å². The molecule has 3 aromatic rings. The summed E-state index contributed by atoms with van der Waals surface area (Å²) in [5, 5.41) is 10.4. The van der Waals surface area contributed by atoms with Crippen LogP contribution in [-0.2, 0) is 16.0 Å². The molecule has 1 saturated carbocycles. The molecule has 1 atom stereocenters. The van der Waals surface area contributed by atoms with E-state index in [-0.39, 0.29) is 24.7 Å². The zero-order chi connectivity index (χ0) is 26.2. The number of esters is 1. The van der Waals surface area contributed by atoms with E-state index in [9.17, 15) is 9.59 Å². The van der Waals surface area contributed by atoms with Gasteiger partial charge in [-0.1, -0.05) is 42.5 Å². The Bertz CT molecular complexity index is 1200. The van der Waals surface area contributed by atoms with Gasteiger partial charge in [0.2, 0.25) is 5.95 Å². The summed E-state index contributed by atoms with van der Waals surface area (Å²) in [6.45, 7) is 2.02. The number of para-hydroxylation sites is 1. The minimum absolute atomic E-state index is 0.0347. The Labute approximate surface area is 218 Å². The molecule has 1 unspecified atom stereocenters. The molecule has 0 saturated heterocycles. The maximum absolute atomic E-state index is 12.7. The van der Waals surface area contributed by atoms with Crippen molar-refractivity contribution in [3.63, 3.8) is 0 Å². The number of urea groups is 1. The standard InChI is InChI=1S/C28H36N6O3/c1-4-37-26(35)24(18-19-10-6-5-7-11-19)32-28(36)30-21-16-14-20(15-17-21)29-27-31-23-13-9-8-12-22(23)25(33-27)34(2)3/h5-13,20-21,24H,4,14-18H2,1-3H3,(H,29,31,33)(H2,30,32,36)/t20-,21+,24?. The van der Waals surface area contributed by atoms with Crippen LogP contribution in [0.2, 0.25) is 0 Å². The number of ether oxygens (including phenoxy) is 1. The van der Waals surface area contributed by atoms with E-state index in [1.807, 2.05) is 73.6 Å². The maximum atomic E-state index is 12.7. The molecular formula is C28H36N6O3. The second kappa shape index (κ2) is 12.4. The highest BCUT2D eigenvalue weighted by Gasteiger charge is 2.26. The van der Waals surface area contributed by atoms with E-state index in [1.54, 1.807) is 6.92 Å². The average molecular weight is 505 g/mol. The summed E-state index contributed by atoms with van der Waals surface area (Å²) in [4.78, 5) is 36.6. The first-order valence-electron chi connectivity index (χ1n) is 12.9. The van der Waals surface area contributed by atoms with Crippen LogP contribution in [0.15, 0.2) is 54.6 Å². The molecule has 9 heteroatoms. The molecule has 9 nitrogen and oxygen atoms in total. The quantitative estimate of drug-likeness (QED) is 0.379. The number of nitrogens with zero attached hydrogens (tertiary/aromatic N) is 3. The lowest BCUT2D eigenvalue weighted by Gasteiger charge is -2.30. The molecule has 196 valence electrons. The van der Waals surface area contributed by atoms with Crippen LogP contribution in [0.25, 0.3) is 10.9 Å². The lowest BCUT2D eigenvalue weighted by Crippen LogP contribution is -2.51. The van der Waals surface area contributed by atoms with Crippen molar-refractivity contribution in [3.05, 3.63) is 60.2 Å². The normalized spacial score (nSPS) is 18.0. The van der Waals surface area contributed by atoms with Crippen molar-refractivity contribution in [3.8, 4) is 0 Å². The van der Waals surface area contributed by atoms with Crippen LogP contribution in [0.4, 0.5) is 16.6 Å². The fourth-order valence-corrected chi connectivity index (χ4v) is 4.70. The zero-order valence-electron chi connectivity index (χ0n) is 21.7. The summed E-state index contributed by atoms with van der Waals surface area (Å²) in [5.41, 5.74) is 1.86. The Balaban J connectivity index is 1.31. The smallest absolute Gasteiger partial charge is 0.329 e. The third kappa shape index (κ3) is 7.09. The first kappa shape index (κ1) is 26.2. The second-order valence-electron chi connectivity index (χ2n) is 9.59. The highest BCUT2D eigenvalue weighted by atomic mass is 16.5. The Morgan fingerprint density at radius 1 is 0.973 bits per heavy atom. The number of anilines is 2. The molecule has 0 radical (unpaired) electrons. The molecule has 1 heterocycles. The number of benzene rings is 2. The van der Waals surface area contributed by atoms with Crippen LogP contribution in [0.3, 0.4) is 0 Å². The van der Waals surface area contributed by atoms with Crippen molar-refractivity contribution < 1.29 is 14.3 Å². The van der Waals surface area contributed by atoms with Crippen LogP contribution in [0.5, 0.6) is 0 Å². The van der Waals surface area contributed by atoms with Gasteiger partial charge >= 0.3 is 12.0 Å². The first-order chi connectivity index (χ1) is 17.9. The molecule has 0 spiro atoms. The molecule has 1 aliphatic carbocycles. The number of carbonyl (C=O) groups is 2. The maximum Gasteiger partial charge on any atom is 0.329 e. The zero-order valence-corrected chi connectivity index (χ0v) is 21.7. The predicted molar refractivity (Wildman–Crippen MR) is 146 cm³/mol. The number of hydrogen-bond donors (Lipinski definition) is 3. The van der Waals surface area contributed by atoms with Gasteiger partial charge in [-0.3, -0.25) is 0 Å². The summed E-state index contributed by atoms with van der Waals surface area (Å²) in [6, 6.07) is 16.8. The van der Waals surface area contributed by atoms with Crippen LogP contribution in [0.1, 0.15) is 38.2 Å². The topological polar surface area (TPSA) is 108 Å². The van der Waals surface area contributed by atoms with Gasteiger partial charge in [0.1, 0.15) is 11.9 Å². The van der Waals surface area contributed by atoms with Gasteiger partial charge in [0.15, 0.2) is 0 Å². The van der Waals surface area contributed by atoms with E-state index in [0.29, 0.717) is 12.4 Å². The molecule has 4 rings (SSSR count). The molecule has 37 heavy (non-hydrogen) atoms. The van der Waals surface area contributed by atoms with Crippen LogP contribution >= 0.6 is 0 Å². The number of aromatic nitrogens is 2. The Morgan fingerprint density at radius 2 is 1.65 bits per heavy atom. The number of amides is 2. The number of hydrogen-bond acceptors (Lipinski definition) is 7. The molecule has 0 aliphatic heterocycles. The third-order valence-corrected chi connectivity index (χ3v) is 6.56. The molecule has 1 fully saturated rings. The summed E-state index contributed by atoms with van der Waals surface area (Å²) in [5.74, 6) is 1.07. The molecule has 3 N–H and O–H groups in total. The lowest BCUT2D eigenvalue weighted by atomic mass is 9.91. The van der Waals surface area contributed by atoms with E-state index in [0.717, 1.165) is 48.0 Å². The van der Waals surface area contributed by atoms with Crippen LogP contribution < -0.4 is 20.9 Å². The van der Waals surface area contributed by atoms with Gasteiger partial charge in [0.05, 0.1) is 12.1 Å². The minimum Gasteiger partial charge on any atom is -0.464 e. The van der Waals surface area contributed by atoms with E-state index in [4.69, 9.17) is 14.7 Å². The first-order valence-corrected chi connectivity index (χ1v) is 12.9. The van der Waals surface area contributed by atoms with Crippen LogP contribution in [0, 0.1) is 0 Å². The van der Waals surface area contributed by atoms with Crippen molar-refractivity contribution in [2.75, 3.05) is 30.9 Å². The fraction of sp³-hybridized carbons (Fsp3) is 0.429. The summed E-state index contributed by atoms with van der Waals surface area (Å²) in [6.07, 6.45) is 3.78. The SMILES string of the molecule is CCOC(=O)C(Cc1ccccc1)NC(=O)N[C@H]1CC[C@@H](Nc2nc(N(C)C)c3ccccc3n2)CC1. The molecule has 2 aromatic carbocycles. The predicted octanol–water partition coefficient (Wildman–Crippen LogP) is 3.89. The van der Waals surface area contributed by atoms with Crippen molar-refractivity contribution in [2.24, 2.45) is 0 Å². The highest BCUT2D eigenvalue weighted by Crippen LogP contribution is 2.26. The Kier molecular flexibility index (Phi) is 8.77. The van der Waals surface area contributed by atoms with E-state index in [2.05, 4.69) is 16.0 Å². The summed E-state index contributed by atoms with van der Waals surface area (Å²) in [7, 11) is 3.96. The van der Waals surface area contributed by atoms with Gasteiger partial charge in [-0.25, -0.2) is 14.6 Å². The number of fused-ring (bicyclic) bond motifs is 1. The van der Waals surface area contributed by atoms with Crippen molar-refractivity contribution in [1.82, 2.24) is 20.6 Å². The van der Waals surface area contributed by atoms with E-state index in [1.165, 1.54) is 0 Å². The molecule has 0 bridgehead atoms. The van der Waals surface area contributed by atoms with Crippen molar-refractivity contribution in [1.29, 1.82) is 0 Å². The van der Waals surface area contributed by atoms with Gasteiger partial charge in [-0.05, 0) is 50.3 Å². The number of rotatable bonds is 9. The summed E-state index contributed by atoms with van der Waals surface area (Å²) < 4.78 is 5.18.